The van der Waals surface area contributed by atoms with Gasteiger partial charge in [0.15, 0.2) is 0 Å². The molecule has 0 heterocycles. The zero-order valence-electron chi connectivity index (χ0n) is 9.43. The Hall–Kier alpha value is -0.240. The molecule has 2 N–H and O–H groups in total. The average Bonchev–Trinajstić information content (AvgIpc) is 2.15. The van der Waals surface area contributed by atoms with Gasteiger partial charge in [0.05, 0.1) is 11.6 Å². The van der Waals surface area contributed by atoms with Crippen LogP contribution in [0.25, 0.3) is 0 Å². The second kappa shape index (κ2) is 5.74. The molecule has 0 saturated carbocycles. The number of rotatable bonds is 6. The van der Waals surface area contributed by atoms with E-state index in [1.165, 1.54) is 25.4 Å². The van der Waals surface area contributed by atoms with E-state index >= 15 is 0 Å². The molecule has 0 amide bonds. The first kappa shape index (κ1) is 14.8. The first-order valence-corrected chi connectivity index (χ1v) is 6.41. The Morgan fingerprint density at radius 1 is 1.53 bits per heavy atom. The molecule has 2 unspecified atom stereocenters. The number of nitrogens with two attached hydrogens (primary N) is 1. The van der Waals surface area contributed by atoms with Crippen LogP contribution in [0.1, 0.15) is 13.8 Å². The summed E-state index contributed by atoms with van der Waals surface area (Å²) in [7, 11) is -0.457. The molecule has 0 aromatic carbocycles. The topological polar surface area (TPSA) is 72.6 Å². The smallest absolute Gasteiger partial charge is 0.223 e. The Labute approximate surface area is 96.6 Å². The molecule has 0 rings (SSSR count). The number of methoxy groups -OCH3 is 1. The lowest BCUT2D eigenvalue weighted by Crippen LogP contribution is -2.46. The van der Waals surface area contributed by atoms with E-state index in [4.69, 9.17) is 10.5 Å². The van der Waals surface area contributed by atoms with Crippen molar-refractivity contribution in [2.75, 3.05) is 20.8 Å². The molecule has 90 valence electrons. The summed E-state index contributed by atoms with van der Waals surface area (Å²) < 4.78 is 29.9. The molecular formula is C8H18N2O3S2. The van der Waals surface area contributed by atoms with E-state index in [-0.39, 0.29) is 11.0 Å². The number of ether oxygens (including phenoxy) is 1. The normalized spacial score (nSPS) is 16.3. The molecule has 0 saturated heterocycles. The third-order valence-electron chi connectivity index (χ3n) is 2.28. The van der Waals surface area contributed by atoms with E-state index in [9.17, 15) is 8.42 Å². The van der Waals surface area contributed by atoms with Crippen molar-refractivity contribution in [3.05, 3.63) is 0 Å². The third kappa shape index (κ3) is 3.67. The van der Waals surface area contributed by atoms with Gasteiger partial charge in [-0.25, -0.2) is 8.42 Å². The highest BCUT2D eigenvalue weighted by Crippen LogP contribution is 2.11. The monoisotopic (exact) mass is 254 g/mol. The second-order valence-electron chi connectivity index (χ2n) is 3.41. The van der Waals surface area contributed by atoms with Crippen LogP contribution in [0.2, 0.25) is 0 Å². The maximum Gasteiger partial charge on any atom is 0.223 e. The van der Waals surface area contributed by atoms with Crippen molar-refractivity contribution in [3.8, 4) is 0 Å². The van der Waals surface area contributed by atoms with Crippen LogP contribution in [0.15, 0.2) is 0 Å². The van der Waals surface area contributed by atoms with Crippen LogP contribution in [-0.2, 0) is 14.8 Å². The number of hydrogen-bond donors (Lipinski definition) is 1. The minimum atomic E-state index is -3.47. The Morgan fingerprint density at radius 3 is 2.33 bits per heavy atom. The molecule has 0 spiro atoms. The van der Waals surface area contributed by atoms with Crippen molar-refractivity contribution >= 4 is 27.2 Å². The minimum absolute atomic E-state index is 0.0218. The number of likely N-dealkylation sites (N-methyl/N-ethyl adjacent to an activating group) is 1. The van der Waals surface area contributed by atoms with Crippen molar-refractivity contribution in [2.24, 2.45) is 5.73 Å². The first-order chi connectivity index (χ1) is 6.75. The maximum absolute atomic E-state index is 11.9. The van der Waals surface area contributed by atoms with Crippen LogP contribution in [0, 0.1) is 0 Å². The summed E-state index contributed by atoms with van der Waals surface area (Å²) in [4.78, 5) is -0.0218. The van der Waals surface area contributed by atoms with Gasteiger partial charge in [0.2, 0.25) is 10.0 Å². The van der Waals surface area contributed by atoms with E-state index in [0.29, 0.717) is 6.61 Å². The summed E-state index contributed by atoms with van der Waals surface area (Å²) in [5.41, 5.74) is 5.33. The van der Waals surface area contributed by atoms with Gasteiger partial charge >= 0.3 is 0 Å². The zero-order valence-corrected chi connectivity index (χ0v) is 11.1. The molecule has 0 aliphatic carbocycles. The number of hydrogen-bond acceptors (Lipinski definition) is 4. The number of thiocarbonyl (C=S) groups is 1. The third-order valence-corrected chi connectivity index (χ3v) is 5.09. The predicted octanol–water partition coefficient (Wildman–Crippen LogP) is -0.0425. The molecule has 5 nitrogen and oxygen atoms in total. The molecule has 15 heavy (non-hydrogen) atoms. The SMILES string of the molecule is COCC(C)N(C)S(=O)(=O)C(C)C(N)=S. The Bertz CT molecular complexity index is 316. The lowest BCUT2D eigenvalue weighted by atomic mass is 10.4. The van der Waals surface area contributed by atoms with Crippen LogP contribution in [0.4, 0.5) is 0 Å². The molecule has 0 aliphatic heterocycles. The fourth-order valence-electron chi connectivity index (χ4n) is 0.993. The molecule has 0 fully saturated rings. The molecule has 0 radical (unpaired) electrons. The van der Waals surface area contributed by atoms with E-state index < -0.39 is 15.3 Å². The lowest BCUT2D eigenvalue weighted by molar-refractivity contribution is 0.149. The molecular weight excluding hydrogens is 236 g/mol. The van der Waals surface area contributed by atoms with Crippen molar-refractivity contribution < 1.29 is 13.2 Å². The number of sulfonamides is 1. The standard InChI is InChI=1S/C8H18N2O3S2/c1-6(5-13-4)10(3)15(11,12)7(2)8(9)14/h6-7H,5H2,1-4H3,(H2,9,14). The van der Waals surface area contributed by atoms with Crippen molar-refractivity contribution in [1.82, 2.24) is 4.31 Å². The van der Waals surface area contributed by atoms with Gasteiger partial charge in [-0.2, -0.15) is 4.31 Å². The highest BCUT2D eigenvalue weighted by Gasteiger charge is 2.30. The van der Waals surface area contributed by atoms with Crippen molar-refractivity contribution in [2.45, 2.75) is 25.1 Å². The van der Waals surface area contributed by atoms with Crippen molar-refractivity contribution in [3.63, 3.8) is 0 Å². The van der Waals surface area contributed by atoms with Gasteiger partial charge in [-0.3, -0.25) is 0 Å². The molecule has 0 aromatic heterocycles. The van der Waals surface area contributed by atoms with Gasteiger partial charge in [0.25, 0.3) is 0 Å². The molecule has 7 heteroatoms. The quantitative estimate of drug-likeness (QED) is 0.673. The summed E-state index contributed by atoms with van der Waals surface area (Å²) in [6.07, 6.45) is 0. The summed E-state index contributed by atoms with van der Waals surface area (Å²) in [5.74, 6) is 0. The van der Waals surface area contributed by atoms with E-state index in [1.54, 1.807) is 6.92 Å². The van der Waals surface area contributed by atoms with Crippen LogP contribution < -0.4 is 5.73 Å². The Kier molecular flexibility index (Phi) is 5.65. The van der Waals surface area contributed by atoms with Crippen LogP contribution in [-0.4, -0.2) is 49.8 Å². The summed E-state index contributed by atoms with van der Waals surface area (Å²) in [5, 5.41) is -0.850. The highest BCUT2D eigenvalue weighted by molar-refractivity contribution is 7.92. The van der Waals surface area contributed by atoms with Gasteiger partial charge in [0.1, 0.15) is 5.25 Å². The summed E-state index contributed by atoms with van der Waals surface area (Å²) in [6.45, 7) is 3.57. The van der Waals surface area contributed by atoms with E-state index in [2.05, 4.69) is 12.2 Å². The fourth-order valence-corrected chi connectivity index (χ4v) is 2.71. The van der Waals surface area contributed by atoms with Crippen LogP contribution in [0.5, 0.6) is 0 Å². The second-order valence-corrected chi connectivity index (χ2v) is 6.19. The number of nitrogens with zero attached hydrogens (tertiary/aromatic N) is 1. The Morgan fingerprint density at radius 2 is 2.00 bits per heavy atom. The largest absolute Gasteiger partial charge is 0.392 e. The molecule has 2 atom stereocenters. The van der Waals surface area contributed by atoms with Crippen LogP contribution in [0.3, 0.4) is 0 Å². The van der Waals surface area contributed by atoms with Crippen LogP contribution >= 0.6 is 12.2 Å². The Balaban J connectivity index is 4.80. The molecule has 0 aromatic rings. The fraction of sp³-hybridized carbons (Fsp3) is 0.875. The summed E-state index contributed by atoms with van der Waals surface area (Å²) in [6, 6.07) is -0.239. The minimum Gasteiger partial charge on any atom is -0.392 e. The van der Waals surface area contributed by atoms with E-state index in [0.717, 1.165) is 0 Å². The zero-order chi connectivity index (χ0) is 12.2. The van der Waals surface area contributed by atoms with Gasteiger partial charge in [0, 0.05) is 20.2 Å². The van der Waals surface area contributed by atoms with Gasteiger partial charge in [-0.1, -0.05) is 12.2 Å². The van der Waals surface area contributed by atoms with Crippen molar-refractivity contribution in [1.29, 1.82) is 0 Å². The highest BCUT2D eigenvalue weighted by atomic mass is 32.2. The molecule has 0 aliphatic rings. The lowest BCUT2D eigenvalue weighted by Gasteiger charge is -2.26. The van der Waals surface area contributed by atoms with Gasteiger partial charge < -0.3 is 10.5 Å². The molecule has 0 bridgehead atoms. The van der Waals surface area contributed by atoms with Gasteiger partial charge in [-0.05, 0) is 13.8 Å². The predicted molar refractivity (Wildman–Crippen MR) is 64.3 cm³/mol. The van der Waals surface area contributed by atoms with Gasteiger partial charge in [-0.15, -0.1) is 0 Å². The average molecular weight is 254 g/mol. The summed E-state index contributed by atoms with van der Waals surface area (Å²) >= 11 is 4.68. The maximum atomic E-state index is 11.9. The first-order valence-electron chi connectivity index (χ1n) is 4.50. The van der Waals surface area contributed by atoms with E-state index in [1.807, 2.05) is 0 Å².